The van der Waals surface area contributed by atoms with E-state index in [1.807, 2.05) is 11.0 Å². The molecule has 1 aliphatic carbocycles. The molecule has 7 heteroatoms. The van der Waals surface area contributed by atoms with Crippen LogP contribution in [-0.2, 0) is 0 Å². The first kappa shape index (κ1) is 22.3. The van der Waals surface area contributed by atoms with Crippen LogP contribution in [0.2, 0.25) is 0 Å². The Labute approximate surface area is 188 Å². The second kappa shape index (κ2) is 8.90. The fourth-order valence-corrected chi connectivity index (χ4v) is 5.33. The standard InChI is InChI=1S/C25H31NO6/c1-30-17-8-9-18(21(15-17)31-2)24(28)26-13-12-25(29)11-5-4-6-19(25)23(26)16-7-10-20(27)22(14-16)32-3/h7-10,14-15,19,23,27,29H,4-6,11-13H2,1-3H3/t19-,23+,25-/m1/s1. The van der Waals surface area contributed by atoms with Gasteiger partial charge in [-0.2, -0.15) is 0 Å². The molecule has 0 bridgehead atoms. The minimum absolute atomic E-state index is 0.0423. The van der Waals surface area contributed by atoms with Gasteiger partial charge in [0.1, 0.15) is 11.5 Å². The molecule has 7 nitrogen and oxygen atoms in total. The van der Waals surface area contributed by atoms with Gasteiger partial charge < -0.3 is 29.3 Å². The molecular weight excluding hydrogens is 410 g/mol. The van der Waals surface area contributed by atoms with Gasteiger partial charge in [-0.05, 0) is 49.1 Å². The minimum Gasteiger partial charge on any atom is -0.504 e. The van der Waals surface area contributed by atoms with Crippen LogP contribution < -0.4 is 14.2 Å². The van der Waals surface area contributed by atoms with E-state index in [0.717, 1.165) is 31.2 Å². The van der Waals surface area contributed by atoms with Crippen molar-refractivity contribution >= 4 is 5.91 Å². The first-order valence-electron chi connectivity index (χ1n) is 11.0. The topological polar surface area (TPSA) is 88.5 Å². The molecule has 2 fully saturated rings. The molecule has 32 heavy (non-hydrogen) atoms. The van der Waals surface area contributed by atoms with Crippen LogP contribution in [0, 0.1) is 5.92 Å². The summed E-state index contributed by atoms with van der Waals surface area (Å²) in [5.74, 6) is 1.18. The van der Waals surface area contributed by atoms with E-state index in [1.54, 1.807) is 37.4 Å². The van der Waals surface area contributed by atoms with Crippen molar-refractivity contribution in [3.8, 4) is 23.0 Å². The Kier molecular flexibility index (Phi) is 6.20. The Balaban J connectivity index is 1.78. The Hall–Kier alpha value is -2.93. The SMILES string of the molecule is COc1ccc(C(=O)N2CC[C@]3(O)CCCC[C@@H]3[C@@H]2c2ccc(O)c(OC)c2)c(OC)c1. The van der Waals surface area contributed by atoms with Crippen LogP contribution >= 0.6 is 0 Å². The molecule has 1 heterocycles. The number of rotatable bonds is 5. The lowest BCUT2D eigenvalue weighted by molar-refractivity contribution is -0.115. The van der Waals surface area contributed by atoms with Crippen LogP contribution in [0.15, 0.2) is 36.4 Å². The van der Waals surface area contributed by atoms with Gasteiger partial charge in [-0.1, -0.05) is 18.9 Å². The fourth-order valence-electron chi connectivity index (χ4n) is 5.33. The highest BCUT2D eigenvalue weighted by atomic mass is 16.5. The highest BCUT2D eigenvalue weighted by molar-refractivity contribution is 5.97. The summed E-state index contributed by atoms with van der Waals surface area (Å²) in [5, 5.41) is 21.6. The maximum atomic E-state index is 13.8. The predicted molar refractivity (Wildman–Crippen MR) is 120 cm³/mol. The first-order valence-corrected chi connectivity index (χ1v) is 11.0. The first-order chi connectivity index (χ1) is 15.4. The maximum absolute atomic E-state index is 13.8. The number of methoxy groups -OCH3 is 3. The number of phenols is 1. The summed E-state index contributed by atoms with van der Waals surface area (Å²) < 4.78 is 16.1. The number of benzene rings is 2. The number of carbonyl (C=O) groups excluding carboxylic acids is 1. The highest BCUT2D eigenvalue weighted by Gasteiger charge is 2.50. The normalized spacial score (nSPS) is 25.1. The number of fused-ring (bicyclic) bond motifs is 1. The molecule has 1 amide bonds. The van der Waals surface area contributed by atoms with Crippen molar-refractivity contribution in [2.45, 2.75) is 43.7 Å². The molecule has 3 atom stereocenters. The van der Waals surface area contributed by atoms with Crippen LogP contribution in [0.3, 0.4) is 0 Å². The number of likely N-dealkylation sites (tertiary alicyclic amines) is 1. The average Bonchev–Trinajstić information content (AvgIpc) is 2.82. The van der Waals surface area contributed by atoms with E-state index in [4.69, 9.17) is 14.2 Å². The highest BCUT2D eigenvalue weighted by Crippen LogP contribution is 2.50. The third kappa shape index (κ3) is 3.86. The lowest BCUT2D eigenvalue weighted by Crippen LogP contribution is -2.56. The second-order valence-corrected chi connectivity index (χ2v) is 8.65. The van der Waals surface area contributed by atoms with Gasteiger partial charge in [0.05, 0.1) is 38.5 Å². The zero-order chi connectivity index (χ0) is 22.9. The summed E-state index contributed by atoms with van der Waals surface area (Å²) in [7, 11) is 4.60. The summed E-state index contributed by atoms with van der Waals surface area (Å²) >= 11 is 0. The number of phenolic OH excluding ortho intramolecular Hbond substituents is 1. The molecule has 1 saturated carbocycles. The predicted octanol–water partition coefficient (Wildman–Crippen LogP) is 3.93. The number of carbonyl (C=O) groups is 1. The molecule has 0 radical (unpaired) electrons. The molecule has 2 N–H and O–H groups in total. The van der Waals surface area contributed by atoms with Gasteiger partial charge in [-0.15, -0.1) is 0 Å². The monoisotopic (exact) mass is 441 g/mol. The number of piperidine rings is 1. The average molecular weight is 442 g/mol. The summed E-state index contributed by atoms with van der Waals surface area (Å²) in [4.78, 5) is 15.6. The molecule has 172 valence electrons. The third-order valence-corrected chi connectivity index (χ3v) is 7.01. The molecular formula is C25H31NO6. The Morgan fingerprint density at radius 1 is 1.00 bits per heavy atom. The van der Waals surface area contributed by atoms with Crippen molar-refractivity contribution in [1.82, 2.24) is 4.90 Å². The van der Waals surface area contributed by atoms with Crippen molar-refractivity contribution in [2.75, 3.05) is 27.9 Å². The summed E-state index contributed by atoms with van der Waals surface area (Å²) in [6.45, 7) is 0.425. The van der Waals surface area contributed by atoms with E-state index in [9.17, 15) is 15.0 Å². The quantitative estimate of drug-likeness (QED) is 0.731. The van der Waals surface area contributed by atoms with E-state index in [-0.39, 0.29) is 23.6 Å². The molecule has 0 aromatic heterocycles. The van der Waals surface area contributed by atoms with Gasteiger partial charge in [-0.25, -0.2) is 0 Å². The zero-order valence-electron chi connectivity index (χ0n) is 18.8. The number of hydrogen-bond acceptors (Lipinski definition) is 6. The summed E-state index contributed by atoms with van der Waals surface area (Å²) in [5.41, 5.74) is 0.477. The van der Waals surface area contributed by atoms with Crippen LogP contribution in [0.5, 0.6) is 23.0 Å². The second-order valence-electron chi connectivity index (χ2n) is 8.65. The number of hydrogen-bond donors (Lipinski definition) is 2. The van der Waals surface area contributed by atoms with E-state index < -0.39 is 5.60 Å². The Morgan fingerprint density at radius 3 is 2.50 bits per heavy atom. The smallest absolute Gasteiger partial charge is 0.258 e. The molecule has 0 unspecified atom stereocenters. The Bertz CT molecular complexity index is 992. The van der Waals surface area contributed by atoms with Crippen LogP contribution in [0.1, 0.15) is 54.1 Å². The maximum Gasteiger partial charge on any atom is 0.258 e. The van der Waals surface area contributed by atoms with Crippen LogP contribution in [0.4, 0.5) is 0 Å². The number of amides is 1. The van der Waals surface area contributed by atoms with Gasteiger partial charge in [0.25, 0.3) is 5.91 Å². The Morgan fingerprint density at radius 2 is 1.78 bits per heavy atom. The fraction of sp³-hybridized carbons (Fsp3) is 0.480. The van der Waals surface area contributed by atoms with Crippen molar-refractivity contribution in [3.05, 3.63) is 47.5 Å². The van der Waals surface area contributed by atoms with Gasteiger partial charge in [0, 0.05) is 18.5 Å². The molecule has 2 aromatic rings. The molecule has 2 aromatic carbocycles. The molecule has 0 spiro atoms. The zero-order valence-corrected chi connectivity index (χ0v) is 18.8. The summed E-state index contributed by atoms with van der Waals surface area (Å²) in [6, 6.07) is 9.99. The minimum atomic E-state index is -0.811. The molecule has 1 saturated heterocycles. The van der Waals surface area contributed by atoms with Crippen LogP contribution in [-0.4, -0.2) is 54.5 Å². The van der Waals surface area contributed by atoms with Crippen molar-refractivity contribution in [3.63, 3.8) is 0 Å². The molecule has 1 aliphatic heterocycles. The van der Waals surface area contributed by atoms with Crippen molar-refractivity contribution < 1.29 is 29.2 Å². The number of aromatic hydroxyl groups is 1. The van der Waals surface area contributed by atoms with Gasteiger partial charge in [0.2, 0.25) is 0 Å². The largest absolute Gasteiger partial charge is 0.504 e. The van der Waals surface area contributed by atoms with Crippen molar-refractivity contribution in [1.29, 1.82) is 0 Å². The van der Waals surface area contributed by atoms with E-state index in [1.165, 1.54) is 14.2 Å². The lowest BCUT2D eigenvalue weighted by Gasteiger charge is -2.52. The number of aliphatic hydroxyl groups is 1. The third-order valence-electron chi connectivity index (χ3n) is 7.01. The van der Waals surface area contributed by atoms with E-state index in [0.29, 0.717) is 35.8 Å². The lowest BCUT2D eigenvalue weighted by atomic mass is 9.66. The number of ether oxygens (including phenoxy) is 3. The van der Waals surface area contributed by atoms with E-state index in [2.05, 4.69) is 0 Å². The van der Waals surface area contributed by atoms with Gasteiger partial charge in [-0.3, -0.25) is 4.79 Å². The molecule has 4 rings (SSSR count). The molecule has 2 aliphatic rings. The van der Waals surface area contributed by atoms with Gasteiger partial charge >= 0.3 is 0 Å². The van der Waals surface area contributed by atoms with Gasteiger partial charge in [0.15, 0.2) is 11.5 Å². The van der Waals surface area contributed by atoms with E-state index >= 15 is 0 Å². The summed E-state index contributed by atoms with van der Waals surface area (Å²) in [6.07, 6.45) is 4.09. The van der Waals surface area contributed by atoms with Crippen molar-refractivity contribution in [2.24, 2.45) is 5.92 Å². The van der Waals surface area contributed by atoms with Crippen LogP contribution in [0.25, 0.3) is 0 Å². The number of nitrogens with zero attached hydrogens (tertiary/aromatic N) is 1.